The van der Waals surface area contributed by atoms with Crippen molar-refractivity contribution in [2.45, 2.75) is 0 Å². The minimum absolute atomic E-state index is 0.0282. The smallest absolute Gasteiger partial charge is 0.285 e. The van der Waals surface area contributed by atoms with Gasteiger partial charge < -0.3 is 16.2 Å². The molecular weight excluding hydrogens is 108 g/mol. The molecule has 5 heteroatoms. The lowest BCUT2D eigenvalue weighted by atomic mass is 10.7. The second-order valence-corrected chi connectivity index (χ2v) is 1.09. The largest absolute Gasteiger partial charge is 0.411 e. The average molecular weight is 116 g/mol. The van der Waals surface area contributed by atoms with Gasteiger partial charge in [0.25, 0.3) is 6.02 Å². The Kier molecular flexibility index (Phi) is 2.57. The van der Waals surface area contributed by atoms with Crippen LogP contribution in [0, 0.1) is 10.8 Å². The van der Waals surface area contributed by atoms with Gasteiger partial charge in [-0.3, -0.25) is 10.8 Å². The first-order valence-electron chi connectivity index (χ1n) is 1.96. The second-order valence-electron chi connectivity index (χ2n) is 1.09. The molecule has 0 amide bonds. The maximum absolute atomic E-state index is 6.70. The van der Waals surface area contributed by atoms with Crippen molar-refractivity contribution >= 4 is 11.9 Å². The molecular formula is C3H8N4O. The Morgan fingerprint density at radius 3 is 2.12 bits per heavy atom. The van der Waals surface area contributed by atoms with Gasteiger partial charge in [0, 0.05) is 0 Å². The fraction of sp³-hybridized carbons (Fsp3) is 0.333. The number of amidine groups is 1. The Morgan fingerprint density at radius 1 is 1.50 bits per heavy atom. The molecule has 0 aliphatic rings. The van der Waals surface area contributed by atoms with E-state index in [0.29, 0.717) is 0 Å². The molecule has 0 fully saturated rings. The lowest BCUT2D eigenvalue weighted by Crippen LogP contribution is -2.24. The van der Waals surface area contributed by atoms with Crippen LogP contribution < -0.4 is 11.5 Å². The van der Waals surface area contributed by atoms with Crippen molar-refractivity contribution < 1.29 is 4.74 Å². The number of nitrogens with one attached hydrogen (secondary N) is 2. The van der Waals surface area contributed by atoms with E-state index >= 15 is 0 Å². The zero-order chi connectivity index (χ0) is 6.57. The van der Waals surface area contributed by atoms with E-state index in [0.717, 1.165) is 0 Å². The number of ether oxygens (including phenoxy) is 1. The maximum Gasteiger partial charge on any atom is 0.285 e. The highest BCUT2D eigenvalue weighted by Crippen LogP contribution is 1.70. The molecule has 0 aromatic carbocycles. The summed E-state index contributed by atoms with van der Waals surface area (Å²) in [6, 6.07) is -0.500. The van der Waals surface area contributed by atoms with Crippen molar-refractivity contribution in [1.29, 1.82) is 10.8 Å². The van der Waals surface area contributed by atoms with Gasteiger partial charge in [0.2, 0.25) is 5.90 Å². The van der Waals surface area contributed by atoms with Crippen molar-refractivity contribution in [3.8, 4) is 0 Å². The van der Waals surface area contributed by atoms with E-state index in [1.807, 2.05) is 0 Å². The molecule has 0 aliphatic heterocycles. The highest BCUT2D eigenvalue weighted by atomic mass is 16.5. The third-order valence-electron chi connectivity index (χ3n) is 0.419. The molecule has 0 radical (unpaired) electrons. The van der Waals surface area contributed by atoms with E-state index < -0.39 is 6.02 Å². The second kappa shape index (κ2) is 2.98. The first-order valence-corrected chi connectivity index (χ1v) is 1.96. The molecule has 0 spiro atoms. The molecule has 0 aromatic heterocycles. The summed E-state index contributed by atoms with van der Waals surface area (Å²) in [5.74, 6) is -0.197. The third kappa shape index (κ3) is 3.10. The van der Waals surface area contributed by atoms with E-state index in [-0.39, 0.29) is 12.4 Å². The van der Waals surface area contributed by atoms with Gasteiger partial charge in [0.1, 0.15) is 0 Å². The van der Waals surface area contributed by atoms with Crippen molar-refractivity contribution in [2.75, 3.05) is 6.54 Å². The number of hydrogen-bond donors (Lipinski definition) is 4. The minimum atomic E-state index is -0.500. The van der Waals surface area contributed by atoms with Crippen LogP contribution in [-0.4, -0.2) is 18.5 Å². The first-order chi connectivity index (χ1) is 3.66. The van der Waals surface area contributed by atoms with Crippen LogP contribution in [0.25, 0.3) is 0 Å². The molecule has 0 saturated heterocycles. The lowest BCUT2D eigenvalue weighted by molar-refractivity contribution is 0.515. The van der Waals surface area contributed by atoms with Gasteiger partial charge in [0.15, 0.2) is 0 Å². The van der Waals surface area contributed by atoms with Gasteiger partial charge in [-0.05, 0) is 0 Å². The van der Waals surface area contributed by atoms with Crippen molar-refractivity contribution in [2.24, 2.45) is 11.5 Å². The molecule has 0 aliphatic carbocycles. The molecule has 0 saturated carbocycles. The van der Waals surface area contributed by atoms with E-state index in [1.165, 1.54) is 0 Å². The maximum atomic E-state index is 6.70. The Balaban J connectivity index is 3.40. The van der Waals surface area contributed by atoms with Crippen LogP contribution >= 0.6 is 0 Å². The quantitative estimate of drug-likeness (QED) is 0.256. The van der Waals surface area contributed by atoms with Crippen LogP contribution in [0.5, 0.6) is 0 Å². The van der Waals surface area contributed by atoms with Gasteiger partial charge in [-0.15, -0.1) is 0 Å². The van der Waals surface area contributed by atoms with E-state index in [9.17, 15) is 0 Å². The average Bonchev–Trinajstić information content (AvgIpc) is 1.65. The molecule has 0 bridgehead atoms. The monoisotopic (exact) mass is 116 g/mol. The predicted molar refractivity (Wildman–Crippen MR) is 29.8 cm³/mol. The van der Waals surface area contributed by atoms with Crippen LogP contribution in [0.15, 0.2) is 0 Å². The summed E-state index contributed by atoms with van der Waals surface area (Å²) in [4.78, 5) is 0. The standard InChI is InChI=1S/C3H8N4O/c4-1-2(5)8-3(6)7/h5H,1,4H2,(H3,6,7). The molecule has 8 heavy (non-hydrogen) atoms. The summed E-state index contributed by atoms with van der Waals surface area (Å²) in [5.41, 5.74) is 9.65. The fourth-order valence-corrected chi connectivity index (χ4v) is 0.174. The Bertz CT molecular complexity index is 110. The summed E-state index contributed by atoms with van der Waals surface area (Å²) >= 11 is 0. The summed E-state index contributed by atoms with van der Waals surface area (Å²) in [6.07, 6.45) is 0. The Labute approximate surface area is 46.6 Å². The van der Waals surface area contributed by atoms with Crippen LogP contribution in [0.4, 0.5) is 0 Å². The topological polar surface area (TPSA) is 109 Å². The minimum Gasteiger partial charge on any atom is -0.411 e. The summed E-state index contributed by atoms with van der Waals surface area (Å²) in [7, 11) is 0. The van der Waals surface area contributed by atoms with Crippen molar-refractivity contribution in [3.05, 3.63) is 0 Å². The predicted octanol–water partition coefficient (Wildman–Crippen LogP) is -1.17. The normalized spacial score (nSPS) is 8.12. The summed E-state index contributed by atoms with van der Waals surface area (Å²) in [5, 5.41) is 13.2. The molecule has 46 valence electrons. The molecule has 0 unspecified atom stereocenters. The highest BCUT2D eigenvalue weighted by Gasteiger charge is 1.92. The zero-order valence-electron chi connectivity index (χ0n) is 4.27. The number of rotatable bonds is 1. The SMILES string of the molecule is N=C(N)OC(=N)CN. The Morgan fingerprint density at radius 2 is 2.00 bits per heavy atom. The fourth-order valence-electron chi connectivity index (χ4n) is 0.174. The molecule has 0 heterocycles. The molecule has 5 nitrogen and oxygen atoms in total. The van der Waals surface area contributed by atoms with Gasteiger partial charge >= 0.3 is 0 Å². The summed E-state index contributed by atoms with van der Waals surface area (Å²) in [6.45, 7) is -0.0282. The van der Waals surface area contributed by atoms with Crippen LogP contribution in [-0.2, 0) is 4.74 Å². The van der Waals surface area contributed by atoms with E-state index in [4.69, 9.17) is 22.3 Å². The molecule has 0 aromatic rings. The van der Waals surface area contributed by atoms with Gasteiger partial charge in [-0.2, -0.15) is 0 Å². The van der Waals surface area contributed by atoms with Crippen molar-refractivity contribution in [1.82, 2.24) is 0 Å². The third-order valence-corrected chi connectivity index (χ3v) is 0.419. The lowest BCUT2D eigenvalue weighted by Gasteiger charge is -1.98. The van der Waals surface area contributed by atoms with Gasteiger partial charge in [0.05, 0.1) is 6.54 Å². The first kappa shape index (κ1) is 6.90. The van der Waals surface area contributed by atoms with E-state index in [2.05, 4.69) is 4.74 Å². The van der Waals surface area contributed by atoms with Gasteiger partial charge in [-0.1, -0.05) is 0 Å². The zero-order valence-corrected chi connectivity index (χ0v) is 4.27. The number of nitrogens with two attached hydrogens (primary N) is 2. The van der Waals surface area contributed by atoms with Gasteiger partial charge in [-0.25, -0.2) is 0 Å². The number of hydrogen-bond acceptors (Lipinski definition) is 4. The Hall–Kier alpha value is -1.10. The highest BCUT2D eigenvalue weighted by molar-refractivity contribution is 5.87. The molecule has 0 atom stereocenters. The summed E-state index contributed by atoms with van der Waals surface area (Å²) < 4.78 is 4.22. The van der Waals surface area contributed by atoms with Crippen molar-refractivity contribution in [3.63, 3.8) is 0 Å². The van der Waals surface area contributed by atoms with E-state index in [1.54, 1.807) is 0 Å². The van der Waals surface area contributed by atoms with Crippen LogP contribution in [0.3, 0.4) is 0 Å². The van der Waals surface area contributed by atoms with Crippen LogP contribution in [0.2, 0.25) is 0 Å². The molecule has 0 rings (SSSR count). The molecule has 6 N–H and O–H groups in total. The van der Waals surface area contributed by atoms with Crippen LogP contribution in [0.1, 0.15) is 0 Å².